The smallest absolute Gasteiger partial charge is 0.299 e. The molecule has 0 saturated heterocycles. The third kappa shape index (κ3) is 5.72. The number of halogens is 3. The lowest BCUT2D eigenvalue weighted by Gasteiger charge is -2.39. The third-order valence-corrected chi connectivity index (χ3v) is 6.96. The van der Waals surface area contributed by atoms with Gasteiger partial charge < -0.3 is 0 Å². The molecule has 5 heteroatoms. The highest BCUT2D eigenvalue weighted by molar-refractivity contribution is 5.42. The molecule has 32 heavy (non-hydrogen) atoms. The summed E-state index contributed by atoms with van der Waals surface area (Å²) in [6, 6.07) is 18.4. The van der Waals surface area contributed by atoms with Crippen molar-refractivity contribution >= 4 is 0 Å². The van der Waals surface area contributed by atoms with Crippen molar-refractivity contribution in [3.05, 3.63) is 71.3 Å². The van der Waals surface area contributed by atoms with Crippen LogP contribution in [0, 0.1) is 17.2 Å². The summed E-state index contributed by atoms with van der Waals surface area (Å²) in [5.41, 5.74) is -0.356. The van der Waals surface area contributed by atoms with Crippen molar-refractivity contribution in [2.24, 2.45) is 5.92 Å². The first-order valence-electron chi connectivity index (χ1n) is 11.7. The zero-order valence-corrected chi connectivity index (χ0v) is 18.9. The lowest BCUT2D eigenvalue weighted by atomic mass is 9.62. The van der Waals surface area contributed by atoms with Crippen LogP contribution in [0.15, 0.2) is 54.6 Å². The van der Waals surface area contributed by atoms with Gasteiger partial charge in [0.2, 0.25) is 0 Å². The second-order valence-electron chi connectivity index (χ2n) is 8.92. The van der Waals surface area contributed by atoms with Gasteiger partial charge in [-0.1, -0.05) is 74.7 Å². The van der Waals surface area contributed by atoms with Gasteiger partial charge in [0.15, 0.2) is 0 Å². The summed E-state index contributed by atoms with van der Waals surface area (Å²) in [4.78, 5) is 2.30. The zero-order chi connectivity index (χ0) is 23.0. The normalized spacial score (nSPS) is 17.1. The molecule has 3 rings (SSSR count). The maximum Gasteiger partial charge on any atom is 0.416 e. The highest BCUT2D eigenvalue weighted by Crippen LogP contribution is 2.48. The number of nitrogens with zero attached hydrogens (tertiary/aromatic N) is 2. The van der Waals surface area contributed by atoms with Crippen LogP contribution in [0.2, 0.25) is 0 Å². The largest absolute Gasteiger partial charge is 0.416 e. The second-order valence-corrected chi connectivity index (χ2v) is 8.92. The molecule has 1 atom stereocenters. The Morgan fingerprint density at radius 2 is 1.56 bits per heavy atom. The van der Waals surface area contributed by atoms with E-state index in [4.69, 9.17) is 0 Å². The highest BCUT2D eigenvalue weighted by Gasteiger charge is 2.46. The zero-order valence-electron chi connectivity index (χ0n) is 18.9. The van der Waals surface area contributed by atoms with Crippen LogP contribution in [0.1, 0.15) is 68.6 Å². The van der Waals surface area contributed by atoms with E-state index in [1.165, 1.54) is 11.6 Å². The average Bonchev–Trinajstić information content (AvgIpc) is 2.82. The summed E-state index contributed by atoms with van der Waals surface area (Å²) in [5, 5.41) is 10.4. The second kappa shape index (κ2) is 11.0. The number of hydrogen-bond acceptors (Lipinski definition) is 2. The SMILES string of the molecule is CCN(CCCC(C#N)(c1ccccc1C(F)(F)F)C1CCCCC1)Cc1ccccc1. The van der Waals surface area contributed by atoms with Gasteiger partial charge >= 0.3 is 6.18 Å². The Balaban J connectivity index is 1.85. The van der Waals surface area contributed by atoms with E-state index in [0.29, 0.717) is 12.8 Å². The quantitative estimate of drug-likeness (QED) is 0.406. The summed E-state index contributed by atoms with van der Waals surface area (Å²) in [6.07, 6.45) is 1.39. The highest BCUT2D eigenvalue weighted by atomic mass is 19.4. The van der Waals surface area contributed by atoms with Gasteiger partial charge in [-0.3, -0.25) is 4.90 Å². The molecule has 1 aliphatic carbocycles. The van der Waals surface area contributed by atoms with Gasteiger partial charge in [0.1, 0.15) is 0 Å². The summed E-state index contributed by atoms with van der Waals surface area (Å²) < 4.78 is 41.7. The molecule has 1 fully saturated rings. The minimum Gasteiger partial charge on any atom is -0.299 e. The first kappa shape index (κ1) is 24.3. The predicted molar refractivity (Wildman–Crippen MR) is 122 cm³/mol. The molecule has 0 radical (unpaired) electrons. The number of rotatable bonds is 9. The number of nitriles is 1. The fraction of sp³-hybridized carbons (Fsp3) is 0.519. The van der Waals surface area contributed by atoms with Crippen molar-refractivity contribution in [2.75, 3.05) is 13.1 Å². The molecule has 172 valence electrons. The first-order valence-corrected chi connectivity index (χ1v) is 11.7. The van der Waals surface area contributed by atoms with Crippen molar-refractivity contribution in [2.45, 2.75) is 70.0 Å². The lowest BCUT2D eigenvalue weighted by Crippen LogP contribution is -2.38. The molecule has 0 N–H and O–H groups in total. The molecule has 0 aliphatic heterocycles. The fourth-order valence-corrected chi connectivity index (χ4v) is 5.25. The van der Waals surface area contributed by atoms with Gasteiger partial charge in [-0.25, -0.2) is 0 Å². The number of hydrogen-bond donors (Lipinski definition) is 0. The monoisotopic (exact) mass is 442 g/mol. The molecule has 0 heterocycles. The van der Waals surface area contributed by atoms with E-state index in [9.17, 15) is 18.4 Å². The lowest BCUT2D eigenvalue weighted by molar-refractivity contribution is -0.138. The Bertz CT molecular complexity index is 882. The minimum atomic E-state index is -4.46. The van der Waals surface area contributed by atoms with Gasteiger partial charge in [0, 0.05) is 6.54 Å². The van der Waals surface area contributed by atoms with E-state index >= 15 is 0 Å². The van der Waals surface area contributed by atoms with Gasteiger partial charge in [-0.05, 0) is 61.9 Å². The van der Waals surface area contributed by atoms with Crippen LogP contribution in [-0.4, -0.2) is 18.0 Å². The molecule has 2 aromatic rings. The molecule has 1 saturated carbocycles. The molecule has 2 nitrogen and oxygen atoms in total. The molecule has 0 bridgehead atoms. The van der Waals surface area contributed by atoms with E-state index in [1.807, 2.05) is 18.2 Å². The Hall–Kier alpha value is -2.32. The van der Waals surface area contributed by atoms with Crippen LogP contribution in [0.4, 0.5) is 13.2 Å². The Kier molecular flexibility index (Phi) is 8.37. The van der Waals surface area contributed by atoms with Crippen molar-refractivity contribution in [1.29, 1.82) is 5.26 Å². The van der Waals surface area contributed by atoms with E-state index in [-0.39, 0.29) is 11.5 Å². The van der Waals surface area contributed by atoms with Crippen molar-refractivity contribution in [3.63, 3.8) is 0 Å². The molecule has 0 aromatic heterocycles. The van der Waals surface area contributed by atoms with Crippen LogP contribution in [0.3, 0.4) is 0 Å². The standard InChI is InChI=1S/C27H33F3N2/c1-2-32(20-22-12-5-3-6-13-22)19-11-18-26(21-31,23-14-7-4-8-15-23)24-16-9-10-17-25(24)27(28,29)30/h3,5-6,9-10,12-13,16-17,23H,2,4,7-8,11,14-15,18-20H2,1H3. The summed E-state index contributed by atoms with van der Waals surface area (Å²) in [6.45, 7) is 4.52. The summed E-state index contributed by atoms with van der Waals surface area (Å²) in [7, 11) is 0. The molecule has 1 aliphatic rings. The van der Waals surface area contributed by atoms with E-state index in [1.54, 1.807) is 12.1 Å². The van der Waals surface area contributed by atoms with E-state index in [2.05, 4.69) is 30.0 Å². The first-order chi connectivity index (χ1) is 15.4. The molecule has 0 amide bonds. The van der Waals surface area contributed by atoms with Gasteiger partial charge in [-0.15, -0.1) is 0 Å². The van der Waals surface area contributed by atoms with Crippen LogP contribution >= 0.6 is 0 Å². The van der Waals surface area contributed by atoms with Gasteiger partial charge in [0.05, 0.1) is 17.0 Å². The van der Waals surface area contributed by atoms with Gasteiger partial charge in [-0.2, -0.15) is 18.4 Å². The van der Waals surface area contributed by atoms with E-state index in [0.717, 1.165) is 57.8 Å². The maximum atomic E-state index is 13.9. The molecular formula is C27H33F3N2. The predicted octanol–water partition coefficient (Wildman–Crippen LogP) is 7.35. The van der Waals surface area contributed by atoms with Crippen LogP contribution < -0.4 is 0 Å². The van der Waals surface area contributed by atoms with Crippen molar-refractivity contribution in [3.8, 4) is 6.07 Å². The summed E-state index contributed by atoms with van der Waals surface area (Å²) >= 11 is 0. The minimum absolute atomic E-state index is 0.0334. The number of alkyl halides is 3. The summed E-state index contributed by atoms with van der Waals surface area (Å²) in [5.74, 6) is -0.0334. The molecule has 2 aromatic carbocycles. The third-order valence-electron chi connectivity index (χ3n) is 6.96. The Morgan fingerprint density at radius 1 is 0.938 bits per heavy atom. The van der Waals surface area contributed by atoms with Crippen LogP contribution in [0.25, 0.3) is 0 Å². The van der Waals surface area contributed by atoms with Crippen LogP contribution in [-0.2, 0) is 18.1 Å². The molecule has 0 spiro atoms. The Labute approximate surface area is 190 Å². The number of benzene rings is 2. The van der Waals surface area contributed by atoms with Crippen LogP contribution in [0.5, 0.6) is 0 Å². The van der Waals surface area contributed by atoms with Crippen molar-refractivity contribution < 1.29 is 13.2 Å². The maximum absolute atomic E-state index is 13.9. The van der Waals surface area contributed by atoms with Gasteiger partial charge in [0.25, 0.3) is 0 Å². The topological polar surface area (TPSA) is 27.0 Å². The van der Waals surface area contributed by atoms with E-state index < -0.39 is 17.2 Å². The molecule has 1 unspecified atom stereocenters. The Morgan fingerprint density at radius 3 is 2.16 bits per heavy atom. The molecular weight excluding hydrogens is 409 g/mol. The fourth-order valence-electron chi connectivity index (χ4n) is 5.25. The van der Waals surface area contributed by atoms with Crippen molar-refractivity contribution in [1.82, 2.24) is 4.90 Å². The average molecular weight is 443 g/mol.